The molecule has 5 rings (SSSR count). The van der Waals surface area contributed by atoms with Crippen LogP contribution in [0.4, 0.5) is 4.79 Å². The molecule has 240 valence electrons. The van der Waals surface area contributed by atoms with E-state index in [-0.39, 0.29) is 30.0 Å². The largest absolute Gasteiger partial charge is 0.534 e. The normalized spacial score (nSPS) is 20.1. The molecule has 1 aliphatic heterocycles. The standard InChI is InChI=1S/C37H48N2O5Si/c1-35(2,3)43-34(42)39-24-13-22-37(39,23-25-40)33(41)38-32-21-19-27-18-20-28(26-31(27)32)44-45(36(4,5)6,29-14-9-7-10-15-29)30-16-11-8-12-17-30/h7-12,14-18,20,26,32,40H,13,19,21-25H2,1-6H3,(H,38,41)/t32?,37-/m1/s1. The Kier molecular flexibility index (Phi) is 9.20. The molecule has 0 saturated carbocycles. The van der Waals surface area contributed by atoms with Crippen LogP contribution in [0.5, 0.6) is 5.75 Å². The van der Waals surface area contributed by atoms with Crippen LogP contribution in [0.3, 0.4) is 0 Å². The van der Waals surface area contributed by atoms with Gasteiger partial charge in [-0.2, -0.15) is 0 Å². The Hall–Kier alpha value is -3.62. The number of carbonyl (C=O) groups excluding carboxylic acids is 2. The fraction of sp³-hybridized carbons (Fsp3) is 0.459. The van der Waals surface area contributed by atoms with Gasteiger partial charge in [0.15, 0.2) is 0 Å². The first-order valence-corrected chi connectivity index (χ1v) is 18.1. The maximum atomic E-state index is 14.1. The summed E-state index contributed by atoms with van der Waals surface area (Å²) >= 11 is 0. The molecule has 0 radical (unpaired) electrons. The number of aliphatic hydroxyl groups excluding tert-OH is 1. The summed E-state index contributed by atoms with van der Waals surface area (Å²) in [5.41, 5.74) is 0.386. The van der Waals surface area contributed by atoms with Crippen LogP contribution in [-0.4, -0.2) is 54.6 Å². The zero-order chi connectivity index (χ0) is 32.5. The van der Waals surface area contributed by atoms with Crippen molar-refractivity contribution >= 4 is 30.7 Å². The molecular formula is C37H48N2O5Si. The van der Waals surface area contributed by atoms with E-state index < -0.39 is 25.6 Å². The van der Waals surface area contributed by atoms with Gasteiger partial charge >= 0.3 is 14.4 Å². The number of ether oxygens (including phenoxy) is 1. The van der Waals surface area contributed by atoms with Gasteiger partial charge in [0.05, 0.1) is 6.04 Å². The summed E-state index contributed by atoms with van der Waals surface area (Å²) in [5, 5.41) is 15.5. The lowest BCUT2D eigenvalue weighted by molar-refractivity contribution is -0.133. The van der Waals surface area contributed by atoms with Gasteiger partial charge in [-0.1, -0.05) is 87.5 Å². The van der Waals surface area contributed by atoms with Gasteiger partial charge in [-0.25, -0.2) is 4.79 Å². The Bertz CT molecular complexity index is 1460. The van der Waals surface area contributed by atoms with Crippen LogP contribution in [0.25, 0.3) is 0 Å². The summed E-state index contributed by atoms with van der Waals surface area (Å²) in [7, 11) is -2.84. The number of aryl methyl sites for hydroxylation is 1. The van der Waals surface area contributed by atoms with E-state index >= 15 is 0 Å². The topological polar surface area (TPSA) is 88.1 Å². The van der Waals surface area contributed by atoms with E-state index in [4.69, 9.17) is 9.16 Å². The Morgan fingerprint density at radius 3 is 2.13 bits per heavy atom. The van der Waals surface area contributed by atoms with Crippen molar-refractivity contribution in [3.8, 4) is 5.75 Å². The molecule has 2 atom stereocenters. The number of likely N-dealkylation sites (tertiary alicyclic amines) is 1. The average molecular weight is 629 g/mol. The van der Waals surface area contributed by atoms with Gasteiger partial charge in [0, 0.05) is 19.6 Å². The third kappa shape index (κ3) is 6.40. The summed E-state index contributed by atoms with van der Waals surface area (Å²) in [5.74, 6) is 0.543. The van der Waals surface area contributed by atoms with E-state index in [0.717, 1.165) is 24.2 Å². The number of nitrogens with one attached hydrogen (secondary N) is 1. The molecule has 1 saturated heterocycles. The first-order chi connectivity index (χ1) is 21.3. The highest BCUT2D eigenvalue weighted by Crippen LogP contribution is 2.41. The van der Waals surface area contributed by atoms with E-state index in [1.165, 1.54) is 20.8 Å². The lowest BCUT2D eigenvalue weighted by atomic mass is 9.90. The summed E-state index contributed by atoms with van der Waals surface area (Å²) in [6.45, 7) is 12.4. The Labute approximate surface area is 269 Å². The summed E-state index contributed by atoms with van der Waals surface area (Å²) in [6.07, 6.45) is 2.39. The molecule has 0 aromatic heterocycles. The summed E-state index contributed by atoms with van der Waals surface area (Å²) < 4.78 is 13.0. The zero-order valence-corrected chi connectivity index (χ0v) is 28.6. The quantitative estimate of drug-likeness (QED) is 0.304. The minimum Gasteiger partial charge on any atom is -0.534 e. The van der Waals surface area contributed by atoms with Gasteiger partial charge in [-0.05, 0) is 85.1 Å². The third-order valence-electron chi connectivity index (χ3n) is 9.24. The molecular weight excluding hydrogens is 581 g/mol. The van der Waals surface area contributed by atoms with Gasteiger partial charge in [0.1, 0.15) is 16.9 Å². The second-order valence-electron chi connectivity index (χ2n) is 14.4. The van der Waals surface area contributed by atoms with Crippen molar-refractivity contribution in [3.63, 3.8) is 0 Å². The lowest BCUT2D eigenvalue weighted by Crippen LogP contribution is -2.68. The Morgan fingerprint density at radius 2 is 1.58 bits per heavy atom. The fourth-order valence-electron chi connectivity index (χ4n) is 7.17. The number of nitrogens with zero attached hydrogens (tertiary/aromatic N) is 1. The van der Waals surface area contributed by atoms with Crippen LogP contribution in [0.1, 0.15) is 84.4 Å². The summed E-state index contributed by atoms with van der Waals surface area (Å²) in [4.78, 5) is 28.9. The molecule has 8 heteroatoms. The first kappa shape index (κ1) is 32.8. The Balaban J connectivity index is 1.47. The van der Waals surface area contributed by atoms with Crippen molar-refractivity contribution in [2.24, 2.45) is 0 Å². The van der Waals surface area contributed by atoms with Gasteiger partial charge in [0.25, 0.3) is 0 Å². The number of hydrogen-bond donors (Lipinski definition) is 2. The number of rotatable bonds is 8. The van der Waals surface area contributed by atoms with E-state index in [0.29, 0.717) is 19.4 Å². The van der Waals surface area contributed by atoms with Gasteiger partial charge in [-0.15, -0.1) is 0 Å². The molecule has 2 N–H and O–H groups in total. The molecule has 2 amide bonds. The van der Waals surface area contributed by atoms with E-state index in [1.807, 2.05) is 32.9 Å². The van der Waals surface area contributed by atoms with Crippen molar-refractivity contribution in [2.45, 2.75) is 95.9 Å². The first-order valence-electron chi connectivity index (χ1n) is 16.2. The highest BCUT2D eigenvalue weighted by Gasteiger charge is 2.53. The SMILES string of the molecule is CC(C)(C)OC(=O)N1CCC[C@@]1(CCO)C(=O)NC1CCc2ccc(O[Si](c3ccccc3)(c3ccccc3)C(C)(C)C)cc21. The lowest BCUT2D eigenvalue weighted by Gasteiger charge is -2.43. The molecule has 1 unspecified atom stereocenters. The molecule has 1 fully saturated rings. The average Bonchev–Trinajstić information content (AvgIpc) is 3.60. The van der Waals surface area contributed by atoms with Crippen LogP contribution >= 0.6 is 0 Å². The van der Waals surface area contributed by atoms with Crippen molar-refractivity contribution in [1.82, 2.24) is 10.2 Å². The van der Waals surface area contributed by atoms with Crippen LogP contribution in [0.2, 0.25) is 5.04 Å². The predicted octanol–water partition coefficient (Wildman–Crippen LogP) is 5.88. The third-order valence-corrected chi connectivity index (χ3v) is 14.2. The molecule has 3 aromatic rings. The number of hydrogen-bond acceptors (Lipinski definition) is 5. The molecule has 1 heterocycles. The second-order valence-corrected chi connectivity index (χ2v) is 18.7. The van der Waals surface area contributed by atoms with Crippen LogP contribution in [0, 0.1) is 0 Å². The predicted molar refractivity (Wildman–Crippen MR) is 181 cm³/mol. The van der Waals surface area contributed by atoms with Crippen molar-refractivity contribution in [1.29, 1.82) is 0 Å². The molecule has 2 aliphatic rings. The van der Waals surface area contributed by atoms with Crippen molar-refractivity contribution in [2.75, 3.05) is 13.2 Å². The number of benzene rings is 3. The van der Waals surface area contributed by atoms with Crippen LogP contribution in [-0.2, 0) is 16.0 Å². The zero-order valence-electron chi connectivity index (χ0n) is 27.6. The van der Waals surface area contributed by atoms with Gasteiger partial charge in [-0.3, -0.25) is 9.69 Å². The Morgan fingerprint density at radius 1 is 0.956 bits per heavy atom. The number of aliphatic hydroxyl groups is 1. The van der Waals surface area contributed by atoms with Crippen molar-refractivity contribution in [3.05, 3.63) is 90.0 Å². The van der Waals surface area contributed by atoms with E-state index in [2.05, 4.69) is 92.8 Å². The maximum Gasteiger partial charge on any atom is 0.411 e. The second kappa shape index (κ2) is 12.6. The maximum absolute atomic E-state index is 14.1. The number of carbonyl (C=O) groups is 2. The number of amides is 2. The highest BCUT2D eigenvalue weighted by molar-refractivity contribution is 7.00. The summed E-state index contributed by atoms with van der Waals surface area (Å²) in [6, 6.07) is 27.2. The molecule has 45 heavy (non-hydrogen) atoms. The van der Waals surface area contributed by atoms with Gasteiger partial charge < -0.3 is 19.6 Å². The molecule has 1 aliphatic carbocycles. The van der Waals surface area contributed by atoms with Crippen LogP contribution in [0.15, 0.2) is 78.9 Å². The number of fused-ring (bicyclic) bond motifs is 1. The van der Waals surface area contributed by atoms with Gasteiger partial charge in [0.2, 0.25) is 5.91 Å². The molecule has 3 aromatic carbocycles. The monoisotopic (exact) mass is 628 g/mol. The minimum absolute atomic E-state index is 0.161. The molecule has 7 nitrogen and oxygen atoms in total. The molecule has 0 spiro atoms. The van der Waals surface area contributed by atoms with Crippen molar-refractivity contribution < 1.29 is 23.9 Å². The minimum atomic E-state index is -2.84. The molecule has 0 bridgehead atoms. The van der Waals surface area contributed by atoms with Crippen LogP contribution < -0.4 is 20.1 Å². The highest BCUT2D eigenvalue weighted by atomic mass is 28.4. The van der Waals surface area contributed by atoms with E-state index in [9.17, 15) is 14.7 Å². The van der Waals surface area contributed by atoms with E-state index in [1.54, 1.807) is 0 Å². The smallest absolute Gasteiger partial charge is 0.411 e. The fourth-order valence-corrected chi connectivity index (χ4v) is 11.6.